The number of carbonyl (C=O) groups excluding carboxylic acids is 1. The van der Waals surface area contributed by atoms with Crippen LogP contribution in [0.15, 0.2) is 30.3 Å². The Balaban J connectivity index is 1.75. The van der Waals surface area contributed by atoms with E-state index >= 15 is 0 Å². The number of fused-ring (bicyclic) bond motifs is 2. The van der Waals surface area contributed by atoms with Crippen LogP contribution in [0.25, 0.3) is 0 Å². The first kappa shape index (κ1) is 16.4. The van der Waals surface area contributed by atoms with Gasteiger partial charge in [0.2, 0.25) is 0 Å². The van der Waals surface area contributed by atoms with E-state index in [-0.39, 0.29) is 24.6 Å². The average molecular weight is 322 g/mol. The van der Waals surface area contributed by atoms with Crippen LogP contribution in [-0.2, 0) is 35.1 Å². The van der Waals surface area contributed by atoms with Crippen LogP contribution in [0.1, 0.15) is 12.5 Å². The standard InChI is InChI=1S/C17H22O6/c1-12(18)22-11-17-10-20-9-14(16(19-2)23-17)15(17)21-8-13-6-4-3-5-7-13/h3-7,14-16H,8-11H2,1-2H3/t14-,15?,16-,17+/m0/s1. The van der Waals surface area contributed by atoms with Crippen LogP contribution in [0, 0.1) is 5.92 Å². The van der Waals surface area contributed by atoms with Crippen LogP contribution in [0.5, 0.6) is 0 Å². The fourth-order valence-electron chi connectivity index (χ4n) is 3.21. The van der Waals surface area contributed by atoms with Crippen LogP contribution in [0.2, 0.25) is 0 Å². The fraction of sp³-hybridized carbons (Fsp3) is 0.588. The van der Waals surface area contributed by atoms with Crippen LogP contribution in [0.3, 0.4) is 0 Å². The van der Waals surface area contributed by atoms with Crippen LogP contribution in [0.4, 0.5) is 0 Å². The van der Waals surface area contributed by atoms with Gasteiger partial charge in [-0.05, 0) is 5.56 Å². The lowest BCUT2D eigenvalue weighted by Gasteiger charge is -2.37. The third kappa shape index (κ3) is 3.40. The minimum Gasteiger partial charge on any atom is -0.463 e. The van der Waals surface area contributed by atoms with Gasteiger partial charge < -0.3 is 23.7 Å². The summed E-state index contributed by atoms with van der Waals surface area (Å²) in [7, 11) is 1.60. The molecule has 0 saturated carbocycles. The number of hydrogen-bond acceptors (Lipinski definition) is 6. The topological polar surface area (TPSA) is 63.2 Å². The molecule has 0 radical (unpaired) electrons. The van der Waals surface area contributed by atoms with Crippen molar-refractivity contribution < 1.29 is 28.5 Å². The van der Waals surface area contributed by atoms with Gasteiger partial charge in [-0.1, -0.05) is 30.3 Å². The maximum Gasteiger partial charge on any atom is 0.302 e. The molecule has 1 aromatic rings. The first-order chi connectivity index (χ1) is 11.1. The molecule has 3 rings (SSSR count). The average Bonchev–Trinajstić information content (AvgIpc) is 2.73. The van der Waals surface area contributed by atoms with Crippen molar-refractivity contribution in [2.45, 2.75) is 31.5 Å². The molecule has 2 aliphatic rings. The smallest absolute Gasteiger partial charge is 0.302 e. The number of methoxy groups -OCH3 is 1. The number of carbonyl (C=O) groups is 1. The van der Waals surface area contributed by atoms with E-state index in [4.69, 9.17) is 23.7 Å². The van der Waals surface area contributed by atoms with Crippen molar-refractivity contribution in [3.8, 4) is 0 Å². The summed E-state index contributed by atoms with van der Waals surface area (Å²) >= 11 is 0. The normalized spacial score (nSPS) is 32.7. The predicted molar refractivity (Wildman–Crippen MR) is 80.6 cm³/mol. The highest BCUT2D eigenvalue weighted by molar-refractivity contribution is 5.66. The van der Waals surface area contributed by atoms with E-state index in [0.717, 1.165) is 5.56 Å². The SMILES string of the molecule is CO[C@H]1O[C@@]2(COC(C)=O)COC[C@H]1C2OCc1ccccc1. The summed E-state index contributed by atoms with van der Waals surface area (Å²) < 4.78 is 28.4. The molecular weight excluding hydrogens is 300 g/mol. The molecule has 1 unspecified atom stereocenters. The maximum atomic E-state index is 11.2. The van der Waals surface area contributed by atoms with Crippen molar-refractivity contribution in [2.75, 3.05) is 26.9 Å². The maximum absolute atomic E-state index is 11.2. The Labute approximate surface area is 135 Å². The van der Waals surface area contributed by atoms with Crippen LogP contribution >= 0.6 is 0 Å². The van der Waals surface area contributed by atoms with Gasteiger partial charge in [-0.2, -0.15) is 0 Å². The number of benzene rings is 1. The lowest BCUT2D eigenvalue weighted by Crippen LogP contribution is -2.54. The molecule has 2 saturated heterocycles. The van der Waals surface area contributed by atoms with Crippen molar-refractivity contribution in [3.63, 3.8) is 0 Å². The largest absolute Gasteiger partial charge is 0.463 e. The lowest BCUT2D eigenvalue weighted by molar-refractivity contribution is -0.207. The molecule has 2 bridgehead atoms. The summed E-state index contributed by atoms with van der Waals surface area (Å²) in [6, 6.07) is 9.93. The molecule has 2 heterocycles. The molecule has 2 aliphatic heterocycles. The molecule has 6 heteroatoms. The lowest BCUT2D eigenvalue weighted by atomic mass is 9.89. The highest BCUT2D eigenvalue weighted by Gasteiger charge is 2.60. The van der Waals surface area contributed by atoms with E-state index in [0.29, 0.717) is 19.8 Å². The Hall–Kier alpha value is -1.47. The number of rotatable bonds is 6. The zero-order valence-electron chi connectivity index (χ0n) is 13.4. The van der Waals surface area contributed by atoms with E-state index in [2.05, 4.69) is 0 Å². The van der Waals surface area contributed by atoms with Gasteiger partial charge in [-0.3, -0.25) is 4.79 Å². The van der Waals surface area contributed by atoms with E-state index in [1.54, 1.807) is 7.11 Å². The highest BCUT2D eigenvalue weighted by Crippen LogP contribution is 2.42. The minimum atomic E-state index is -0.815. The van der Waals surface area contributed by atoms with E-state index in [1.165, 1.54) is 6.92 Å². The Morgan fingerprint density at radius 2 is 2.13 bits per heavy atom. The zero-order chi connectivity index (χ0) is 16.3. The molecule has 126 valence electrons. The summed E-state index contributed by atoms with van der Waals surface area (Å²) in [6.45, 7) is 2.75. The molecule has 0 amide bonds. The van der Waals surface area contributed by atoms with Gasteiger partial charge in [-0.25, -0.2) is 0 Å². The molecule has 0 spiro atoms. The third-order valence-electron chi connectivity index (χ3n) is 4.29. The van der Waals surface area contributed by atoms with Gasteiger partial charge in [0.1, 0.15) is 12.7 Å². The molecule has 4 atom stereocenters. The van der Waals surface area contributed by atoms with Crippen molar-refractivity contribution in [3.05, 3.63) is 35.9 Å². The van der Waals surface area contributed by atoms with Crippen molar-refractivity contribution in [1.29, 1.82) is 0 Å². The van der Waals surface area contributed by atoms with Crippen molar-refractivity contribution in [1.82, 2.24) is 0 Å². The molecule has 1 aromatic carbocycles. The predicted octanol–water partition coefficient (Wildman–Crippen LogP) is 1.52. The molecule has 2 fully saturated rings. The molecule has 6 nitrogen and oxygen atoms in total. The molecular formula is C17H22O6. The minimum absolute atomic E-state index is 0.0481. The first-order valence-electron chi connectivity index (χ1n) is 7.72. The number of esters is 1. The summed E-state index contributed by atoms with van der Waals surface area (Å²) in [5.41, 5.74) is 0.263. The van der Waals surface area contributed by atoms with Gasteiger partial charge in [0.15, 0.2) is 11.9 Å². The van der Waals surface area contributed by atoms with Gasteiger partial charge in [0.25, 0.3) is 0 Å². The Bertz CT molecular complexity index is 533. The number of hydrogen-bond donors (Lipinski definition) is 0. The quantitative estimate of drug-likeness (QED) is 0.740. The van der Waals surface area contributed by atoms with Crippen LogP contribution < -0.4 is 0 Å². The summed E-state index contributed by atoms with van der Waals surface area (Å²) in [4.78, 5) is 11.2. The monoisotopic (exact) mass is 322 g/mol. The van der Waals surface area contributed by atoms with Gasteiger partial charge in [0.05, 0.1) is 25.7 Å². The van der Waals surface area contributed by atoms with Crippen molar-refractivity contribution >= 4 is 5.97 Å². The second-order valence-corrected chi connectivity index (χ2v) is 5.96. The molecule has 23 heavy (non-hydrogen) atoms. The van der Waals surface area contributed by atoms with Gasteiger partial charge >= 0.3 is 5.97 Å². The second-order valence-electron chi connectivity index (χ2n) is 5.96. The zero-order valence-corrected chi connectivity index (χ0v) is 13.4. The van der Waals surface area contributed by atoms with E-state index < -0.39 is 11.9 Å². The Morgan fingerprint density at radius 1 is 1.35 bits per heavy atom. The summed E-state index contributed by atoms with van der Waals surface area (Å²) in [5.74, 6) is -0.402. The van der Waals surface area contributed by atoms with E-state index in [9.17, 15) is 4.79 Å². The third-order valence-corrected chi connectivity index (χ3v) is 4.29. The molecule has 0 aliphatic carbocycles. The summed E-state index contributed by atoms with van der Waals surface area (Å²) in [6.07, 6.45) is -0.672. The number of ether oxygens (including phenoxy) is 5. The van der Waals surface area contributed by atoms with E-state index in [1.807, 2.05) is 30.3 Å². The fourth-order valence-corrected chi connectivity index (χ4v) is 3.21. The van der Waals surface area contributed by atoms with Gasteiger partial charge in [-0.15, -0.1) is 0 Å². The highest BCUT2D eigenvalue weighted by atomic mass is 16.7. The Morgan fingerprint density at radius 3 is 2.83 bits per heavy atom. The second kappa shape index (κ2) is 6.97. The van der Waals surface area contributed by atoms with Crippen molar-refractivity contribution in [2.24, 2.45) is 5.92 Å². The molecule has 0 aromatic heterocycles. The van der Waals surface area contributed by atoms with Crippen LogP contribution in [-0.4, -0.2) is 50.9 Å². The summed E-state index contributed by atoms with van der Waals surface area (Å²) in [5, 5.41) is 0. The van der Waals surface area contributed by atoms with Gasteiger partial charge in [0, 0.05) is 14.0 Å². The molecule has 0 N–H and O–H groups in total. The Kier molecular flexibility index (Phi) is 4.96. The first-order valence-corrected chi connectivity index (χ1v) is 7.72.